The van der Waals surface area contributed by atoms with Crippen molar-refractivity contribution < 1.29 is 9.13 Å². The van der Waals surface area contributed by atoms with Gasteiger partial charge in [-0.05, 0) is 23.8 Å². The lowest BCUT2D eigenvalue weighted by molar-refractivity contribution is 0.148. The molecule has 0 spiro atoms. The van der Waals surface area contributed by atoms with Crippen LogP contribution in [0.2, 0.25) is 0 Å². The summed E-state index contributed by atoms with van der Waals surface area (Å²) >= 11 is 0. The molecule has 0 N–H and O–H groups in total. The van der Waals surface area contributed by atoms with E-state index in [4.69, 9.17) is 4.74 Å². The Kier molecular flexibility index (Phi) is 2.30. The molecule has 1 aliphatic carbocycles. The van der Waals surface area contributed by atoms with Gasteiger partial charge in [0.1, 0.15) is 5.82 Å². The predicted molar refractivity (Wildman–Crippen MR) is 69.5 cm³/mol. The van der Waals surface area contributed by atoms with E-state index in [0.717, 1.165) is 13.2 Å². The summed E-state index contributed by atoms with van der Waals surface area (Å²) in [6.07, 6.45) is 1.35. The first-order chi connectivity index (χ1) is 9.25. The van der Waals surface area contributed by atoms with Gasteiger partial charge >= 0.3 is 0 Å². The first-order valence-corrected chi connectivity index (χ1v) is 6.61. The Bertz CT molecular complexity index is 699. The van der Waals surface area contributed by atoms with Gasteiger partial charge in [0.15, 0.2) is 0 Å². The molecule has 2 heterocycles. The van der Waals surface area contributed by atoms with E-state index in [2.05, 4.69) is 0 Å². The van der Waals surface area contributed by atoms with E-state index in [0.29, 0.717) is 35.1 Å². The lowest BCUT2D eigenvalue weighted by Gasteiger charge is -2.09. The molecule has 2 atom stereocenters. The summed E-state index contributed by atoms with van der Waals surface area (Å²) in [5.74, 6) is 1.30. The normalized spacial score (nSPS) is 28.6. The van der Waals surface area contributed by atoms with E-state index < -0.39 is 0 Å². The van der Waals surface area contributed by atoms with Crippen molar-refractivity contribution in [1.29, 1.82) is 0 Å². The van der Waals surface area contributed by atoms with Crippen LogP contribution in [0.25, 0.3) is 10.8 Å². The molecule has 4 rings (SSSR count). The SMILES string of the molecule is O=c1c2ccccc2c(F)cn1CC1C2COCC21. The van der Waals surface area contributed by atoms with Crippen molar-refractivity contribution in [3.05, 3.63) is 46.6 Å². The molecule has 2 unspecified atom stereocenters. The van der Waals surface area contributed by atoms with Crippen LogP contribution in [0.4, 0.5) is 4.39 Å². The molecule has 0 amide bonds. The Morgan fingerprint density at radius 1 is 1.21 bits per heavy atom. The van der Waals surface area contributed by atoms with Crippen LogP contribution >= 0.6 is 0 Å². The molecule has 4 heteroatoms. The van der Waals surface area contributed by atoms with Crippen molar-refractivity contribution in [1.82, 2.24) is 4.57 Å². The van der Waals surface area contributed by atoms with Crippen molar-refractivity contribution in [2.75, 3.05) is 13.2 Å². The second kappa shape index (κ2) is 3.90. The van der Waals surface area contributed by atoms with Crippen molar-refractivity contribution in [3.63, 3.8) is 0 Å². The molecule has 2 aliphatic rings. The van der Waals surface area contributed by atoms with Crippen molar-refractivity contribution in [2.24, 2.45) is 17.8 Å². The summed E-state index contributed by atoms with van der Waals surface area (Å²) in [7, 11) is 0. The van der Waals surface area contributed by atoms with E-state index in [-0.39, 0.29) is 11.4 Å². The molecule has 0 bridgehead atoms. The number of pyridine rings is 1. The van der Waals surface area contributed by atoms with Crippen molar-refractivity contribution in [2.45, 2.75) is 6.54 Å². The third-order valence-corrected chi connectivity index (χ3v) is 4.48. The quantitative estimate of drug-likeness (QED) is 0.826. The minimum Gasteiger partial charge on any atom is -0.381 e. The molecule has 98 valence electrons. The monoisotopic (exact) mass is 259 g/mol. The van der Waals surface area contributed by atoms with Gasteiger partial charge in [0.05, 0.1) is 18.6 Å². The summed E-state index contributed by atoms with van der Waals surface area (Å²) in [6, 6.07) is 6.86. The second-order valence-corrected chi connectivity index (χ2v) is 5.51. The van der Waals surface area contributed by atoms with Crippen LogP contribution in [0.1, 0.15) is 0 Å². The van der Waals surface area contributed by atoms with Crippen LogP contribution in [0.5, 0.6) is 0 Å². The molecule has 1 aromatic carbocycles. The third kappa shape index (κ3) is 1.63. The summed E-state index contributed by atoms with van der Waals surface area (Å²) in [4.78, 5) is 12.3. The molecule has 2 aromatic rings. The number of hydrogen-bond donors (Lipinski definition) is 0. The topological polar surface area (TPSA) is 31.2 Å². The van der Waals surface area contributed by atoms with Gasteiger partial charge in [0.2, 0.25) is 0 Å². The van der Waals surface area contributed by atoms with Crippen LogP contribution in [-0.4, -0.2) is 17.8 Å². The fraction of sp³-hybridized carbons (Fsp3) is 0.400. The standard InChI is InChI=1S/C15H14FNO2/c16-14-6-17(5-11-12-7-19-8-13(11)12)15(18)10-4-2-1-3-9(10)14/h1-4,6,11-13H,5,7-8H2. The molecule has 1 aliphatic heterocycles. The molecule has 1 saturated heterocycles. The van der Waals surface area contributed by atoms with Gasteiger partial charge in [-0.3, -0.25) is 4.79 Å². The fourth-order valence-electron chi connectivity index (χ4n) is 3.29. The highest BCUT2D eigenvalue weighted by atomic mass is 19.1. The van der Waals surface area contributed by atoms with E-state index in [9.17, 15) is 9.18 Å². The highest BCUT2D eigenvalue weighted by molar-refractivity contribution is 5.81. The zero-order valence-corrected chi connectivity index (χ0v) is 10.4. The average Bonchev–Trinajstić information content (AvgIpc) is 2.87. The number of aromatic nitrogens is 1. The Hall–Kier alpha value is -1.68. The molecule has 19 heavy (non-hydrogen) atoms. The number of benzene rings is 1. The molecule has 2 fully saturated rings. The van der Waals surface area contributed by atoms with Gasteiger partial charge in [0, 0.05) is 18.1 Å². The van der Waals surface area contributed by atoms with Gasteiger partial charge in [-0.25, -0.2) is 4.39 Å². The van der Waals surface area contributed by atoms with Crippen LogP contribution in [0, 0.1) is 23.6 Å². The largest absolute Gasteiger partial charge is 0.381 e. The Labute approximate surface area is 109 Å². The molecular weight excluding hydrogens is 245 g/mol. The van der Waals surface area contributed by atoms with Gasteiger partial charge in [-0.1, -0.05) is 18.2 Å². The molecule has 1 saturated carbocycles. The summed E-state index contributed by atoms with van der Waals surface area (Å²) in [5, 5.41) is 0.868. The summed E-state index contributed by atoms with van der Waals surface area (Å²) < 4.78 is 20.9. The second-order valence-electron chi connectivity index (χ2n) is 5.51. The van der Waals surface area contributed by atoms with Crippen LogP contribution in [-0.2, 0) is 11.3 Å². The lowest BCUT2D eigenvalue weighted by atomic mass is 10.1. The number of ether oxygens (including phenoxy) is 1. The summed E-state index contributed by atoms with van der Waals surface area (Å²) in [5.41, 5.74) is -0.0945. The first-order valence-electron chi connectivity index (χ1n) is 6.61. The maximum absolute atomic E-state index is 14.0. The Balaban J connectivity index is 1.74. The zero-order valence-electron chi connectivity index (χ0n) is 10.4. The smallest absolute Gasteiger partial charge is 0.258 e. The van der Waals surface area contributed by atoms with Crippen molar-refractivity contribution >= 4 is 10.8 Å². The maximum Gasteiger partial charge on any atom is 0.258 e. The van der Waals surface area contributed by atoms with Gasteiger partial charge in [0.25, 0.3) is 5.56 Å². The molecule has 3 nitrogen and oxygen atoms in total. The van der Waals surface area contributed by atoms with Crippen LogP contribution < -0.4 is 5.56 Å². The van der Waals surface area contributed by atoms with Gasteiger partial charge in [-0.15, -0.1) is 0 Å². The maximum atomic E-state index is 14.0. The predicted octanol–water partition coefficient (Wildman–Crippen LogP) is 2.03. The van der Waals surface area contributed by atoms with Gasteiger partial charge in [-0.2, -0.15) is 0 Å². The van der Waals surface area contributed by atoms with E-state index in [1.165, 1.54) is 10.8 Å². The van der Waals surface area contributed by atoms with E-state index >= 15 is 0 Å². The number of hydrogen-bond acceptors (Lipinski definition) is 2. The fourth-order valence-corrected chi connectivity index (χ4v) is 3.29. The van der Waals surface area contributed by atoms with Gasteiger partial charge < -0.3 is 9.30 Å². The van der Waals surface area contributed by atoms with E-state index in [1.54, 1.807) is 24.3 Å². The van der Waals surface area contributed by atoms with Crippen LogP contribution in [0.3, 0.4) is 0 Å². The number of rotatable bonds is 2. The molecule has 0 radical (unpaired) electrons. The average molecular weight is 259 g/mol. The zero-order chi connectivity index (χ0) is 13.0. The minimum absolute atomic E-state index is 0.0945. The number of fused-ring (bicyclic) bond motifs is 2. The minimum atomic E-state index is -0.322. The highest BCUT2D eigenvalue weighted by Crippen LogP contribution is 2.51. The third-order valence-electron chi connectivity index (χ3n) is 4.48. The molecule has 1 aromatic heterocycles. The van der Waals surface area contributed by atoms with Crippen molar-refractivity contribution in [3.8, 4) is 0 Å². The van der Waals surface area contributed by atoms with E-state index in [1.807, 2.05) is 0 Å². The first kappa shape index (κ1) is 11.2. The van der Waals surface area contributed by atoms with Crippen LogP contribution in [0.15, 0.2) is 35.3 Å². The Morgan fingerprint density at radius 2 is 1.89 bits per heavy atom. The lowest BCUT2D eigenvalue weighted by Crippen LogP contribution is -2.23. The summed E-state index contributed by atoms with van der Waals surface area (Å²) in [6.45, 7) is 2.19. The Morgan fingerprint density at radius 3 is 2.63 bits per heavy atom. The number of nitrogens with zero attached hydrogens (tertiary/aromatic N) is 1. The molecular formula is C15H14FNO2. The number of halogens is 1. The highest BCUT2D eigenvalue weighted by Gasteiger charge is 2.53.